The Hall–Kier alpha value is -1.36. The van der Waals surface area contributed by atoms with Crippen molar-refractivity contribution < 1.29 is 9.59 Å². The lowest BCUT2D eigenvalue weighted by Crippen LogP contribution is -2.47. The van der Waals surface area contributed by atoms with Crippen LogP contribution in [0, 0.1) is 12.3 Å². The number of amides is 2. The third-order valence-corrected chi connectivity index (χ3v) is 4.46. The molecule has 0 aromatic heterocycles. The predicted octanol–water partition coefficient (Wildman–Crippen LogP) is 3.59. The SMILES string of the molecule is CCN(CC)C(=O)C(C)(C)C(=O)Nc1ccc(Br)c(C)c1. The molecule has 5 heteroatoms. The van der Waals surface area contributed by atoms with Crippen LogP contribution in [0.25, 0.3) is 0 Å². The number of halogens is 1. The van der Waals surface area contributed by atoms with E-state index in [9.17, 15) is 9.59 Å². The van der Waals surface area contributed by atoms with Crippen LogP contribution >= 0.6 is 15.9 Å². The van der Waals surface area contributed by atoms with Gasteiger partial charge >= 0.3 is 0 Å². The van der Waals surface area contributed by atoms with E-state index >= 15 is 0 Å². The van der Waals surface area contributed by atoms with Crippen LogP contribution in [0.2, 0.25) is 0 Å². The van der Waals surface area contributed by atoms with E-state index in [1.54, 1.807) is 18.7 Å². The van der Waals surface area contributed by atoms with Gasteiger partial charge < -0.3 is 10.2 Å². The van der Waals surface area contributed by atoms with Crippen LogP contribution in [0.15, 0.2) is 22.7 Å². The molecule has 1 aromatic rings. The Kier molecular flexibility index (Phi) is 5.96. The minimum Gasteiger partial charge on any atom is -0.342 e. The highest BCUT2D eigenvalue weighted by Gasteiger charge is 2.38. The van der Waals surface area contributed by atoms with Gasteiger partial charge in [0.2, 0.25) is 11.8 Å². The Labute approximate surface area is 135 Å². The molecular formula is C16H23BrN2O2. The smallest absolute Gasteiger partial charge is 0.239 e. The highest BCUT2D eigenvalue weighted by atomic mass is 79.9. The van der Waals surface area contributed by atoms with Crippen molar-refractivity contribution in [3.63, 3.8) is 0 Å². The van der Waals surface area contributed by atoms with E-state index in [4.69, 9.17) is 0 Å². The molecule has 21 heavy (non-hydrogen) atoms. The van der Waals surface area contributed by atoms with Gasteiger partial charge in [-0.25, -0.2) is 0 Å². The second-order valence-electron chi connectivity index (χ2n) is 5.52. The van der Waals surface area contributed by atoms with Gasteiger partial charge in [-0.1, -0.05) is 15.9 Å². The van der Waals surface area contributed by atoms with E-state index in [-0.39, 0.29) is 11.8 Å². The van der Waals surface area contributed by atoms with Crippen molar-refractivity contribution in [3.8, 4) is 0 Å². The molecule has 0 aliphatic rings. The van der Waals surface area contributed by atoms with Gasteiger partial charge in [-0.3, -0.25) is 9.59 Å². The highest BCUT2D eigenvalue weighted by molar-refractivity contribution is 9.10. The average Bonchev–Trinajstić information content (AvgIpc) is 2.44. The molecule has 0 radical (unpaired) electrons. The van der Waals surface area contributed by atoms with Crippen LogP contribution in [0.4, 0.5) is 5.69 Å². The van der Waals surface area contributed by atoms with Gasteiger partial charge in [-0.05, 0) is 58.4 Å². The van der Waals surface area contributed by atoms with Gasteiger partial charge in [0.15, 0.2) is 0 Å². The van der Waals surface area contributed by atoms with E-state index in [1.807, 2.05) is 39.0 Å². The van der Waals surface area contributed by atoms with Crippen LogP contribution in [0.1, 0.15) is 33.3 Å². The monoisotopic (exact) mass is 354 g/mol. The van der Waals surface area contributed by atoms with Gasteiger partial charge in [-0.15, -0.1) is 0 Å². The number of carbonyl (C=O) groups excluding carboxylic acids is 2. The molecule has 1 N–H and O–H groups in total. The predicted molar refractivity (Wildman–Crippen MR) is 89.2 cm³/mol. The second-order valence-corrected chi connectivity index (χ2v) is 6.37. The number of anilines is 1. The minimum atomic E-state index is -1.09. The van der Waals surface area contributed by atoms with Gasteiger partial charge in [0.1, 0.15) is 5.41 Å². The number of hydrogen-bond acceptors (Lipinski definition) is 2. The normalized spacial score (nSPS) is 11.1. The Morgan fingerprint density at radius 2 is 1.81 bits per heavy atom. The Morgan fingerprint density at radius 3 is 2.29 bits per heavy atom. The molecule has 0 saturated heterocycles. The molecule has 0 aliphatic heterocycles. The number of rotatable bonds is 5. The van der Waals surface area contributed by atoms with Gasteiger partial charge in [0.25, 0.3) is 0 Å². The van der Waals surface area contributed by atoms with Crippen molar-refractivity contribution in [2.75, 3.05) is 18.4 Å². The molecule has 0 bridgehead atoms. The van der Waals surface area contributed by atoms with E-state index < -0.39 is 5.41 Å². The number of nitrogens with zero attached hydrogens (tertiary/aromatic N) is 1. The van der Waals surface area contributed by atoms with Crippen molar-refractivity contribution in [1.82, 2.24) is 4.90 Å². The molecule has 1 aromatic carbocycles. The molecule has 0 spiro atoms. The summed E-state index contributed by atoms with van der Waals surface area (Å²) in [7, 11) is 0. The van der Waals surface area contributed by atoms with E-state index in [0.29, 0.717) is 18.8 Å². The van der Waals surface area contributed by atoms with Crippen molar-refractivity contribution in [2.24, 2.45) is 5.41 Å². The first kappa shape index (κ1) is 17.7. The molecule has 0 fully saturated rings. The average molecular weight is 355 g/mol. The van der Waals surface area contributed by atoms with E-state index in [2.05, 4.69) is 21.2 Å². The third kappa shape index (κ3) is 4.06. The zero-order chi connectivity index (χ0) is 16.2. The number of hydrogen-bond donors (Lipinski definition) is 1. The maximum Gasteiger partial charge on any atom is 0.239 e. The van der Waals surface area contributed by atoms with Crippen molar-refractivity contribution in [2.45, 2.75) is 34.6 Å². The number of benzene rings is 1. The summed E-state index contributed by atoms with van der Waals surface area (Å²) in [6.45, 7) is 10.3. The third-order valence-electron chi connectivity index (χ3n) is 3.57. The Balaban J connectivity index is 2.90. The van der Waals surface area contributed by atoms with Gasteiger partial charge in [-0.2, -0.15) is 0 Å². The summed E-state index contributed by atoms with van der Waals surface area (Å²) in [4.78, 5) is 26.5. The van der Waals surface area contributed by atoms with E-state index in [0.717, 1.165) is 10.0 Å². The Bertz CT molecular complexity index is 537. The van der Waals surface area contributed by atoms with Gasteiger partial charge in [0.05, 0.1) is 0 Å². The van der Waals surface area contributed by atoms with Crippen molar-refractivity contribution in [3.05, 3.63) is 28.2 Å². The summed E-state index contributed by atoms with van der Waals surface area (Å²) in [5.41, 5.74) is 0.634. The van der Waals surface area contributed by atoms with E-state index in [1.165, 1.54) is 0 Å². The molecular weight excluding hydrogens is 332 g/mol. The number of nitrogens with one attached hydrogen (secondary N) is 1. The lowest BCUT2D eigenvalue weighted by atomic mass is 9.90. The van der Waals surface area contributed by atoms with Crippen molar-refractivity contribution >= 4 is 33.4 Å². The topological polar surface area (TPSA) is 49.4 Å². The highest BCUT2D eigenvalue weighted by Crippen LogP contribution is 2.24. The quantitative estimate of drug-likeness (QED) is 0.821. The summed E-state index contributed by atoms with van der Waals surface area (Å²) in [6, 6.07) is 5.57. The lowest BCUT2D eigenvalue weighted by molar-refractivity contribution is -0.146. The summed E-state index contributed by atoms with van der Waals surface area (Å²) in [5.74, 6) is -0.444. The molecule has 1 rings (SSSR count). The molecule has 0 unspecified atom stereocenters. The standard InChI is InChI=1S/C16H23BrN2O2/c1-6-19(7-2)15(21)16(4,5)14(20)18-12-8-9-13(17)11(3)10-12/h8-10H,6-7H2,1-5H3,(H,18,20). The van der Waals surface area contributed by atoms with Crippen LogP contribution in [-0.4, -0.2) is 29.8 Å². The fourth-order valence-corrected chi connectivity index (χ4v) is 2.26. The van der Waals surface area contributed by atoms with Crippen LogP contribution < -0.4 is 5.32 Å². The number of carbonyl (C=O) groups is 2. The molecule has 4 nitrogen and oxygen atoms in total. The summed E-state index contributed by atoms with van der Waals surface area (Å²) in [6.07, 6.45) is 0. The maximum absolute atomic E-state index is 12.4. The maximum atomic E-state index is 12.4. The summed E-state index contributed by atoms with van der Waals surface area (Å²) < 4.78 is 0.985. The largest absolute Gasteiger partial charge is 0.342 e. The number of aryl methyl sites for hydroxylation is 1. The van der Waals surface area contributed by atoms with Crippen LogP contribution in [-0.2, 0) is 9.59 Å². The zero-order valence-electron chi connectivity index (χ0n) is 13.3. The molecule has 116 valence electrons. The lowest BCUT2D eigenvalue weighted by Gasteiger charge is -2.29. The second kappa shape index (κ2) is 7.07. The van der Waals surface area contributed by atoms with Gasteiger partial charge in [0, 0.05) is 23.2 Å². The molecule has 0 heterocycles. The van der Waals surface area contributed by atoms with Crippen molar-refractivity contribution in [1.29, 1.82) is 0 Å². The molecule has 0 saturated carbocycles. The molecule has 2 amide bonds. The first-order chi connectivity index (χ1) is 9.73. The fourth-order valence-electron chi connectivity index (χ4n) is 2.01. The zero-order valence-corrected chi connectivity index (χ0v) is 14.9. The first-order valence-corrected chi connectivity index (χ1v) is 7.90. The molecule has 0 aliphatic carbocycles. The van der Waals surface area contributed by atoms with Crippen LogP contribution in [0.3, 0.4) is 0 Å². The summed E-state index contributed by atoms with van der Waals surface area (Å²) >= 11 is 3.42. The van der Waals surface area contributed by atoms with Crippen LogP contribution in [0.5, 0.6) is 0 Å². The molecule has 0 atom stereocenters. The summed E-state index contributed by atoms with van der Waals surface area (Å²) in [5, 5.41) is 2.83. The minimum absolute atomic E-state index is 0.154. The Morgan fingerprint density at radius 1 is 1.24 bits per heavy atom. The fraction of sp³-hybridized carbons (Fsp3) is 0.500. The first-order valence-electron chi connectivity index (χ1n) is 7.11.